The van der Waals surface area contributed by atoms with Crippen LogP contribution in [-0.4, -0.2) is 20.9 Å². The van der Waals surface area contributed by atoms with Crippen molar-refractivity contribution in [3.05, 3.63) is 57.6 Å². The Morgan fingerprint density at radius 1 is 1.19 bits per heavy atom. The summed E-state index contributed by atoms with van der Waals surface area (Å²) in [6, 6.07) is 9.30. The van der Waals surface area contributed by atoms with E-state index in [4.69, 9.17) is 23.2 Å². The molecule has 1 aliphatic rings. The molecule has 0 saturated carbocycles. The quantitative estimate of drug-likeness (QED) is 0.790. The van der Waals surface area contributed by atoms with E-state index < -0.39 is 16.1 Å². The molecule has 0 saturated heterocycles. The van der Waals surface area contributed by atoms with E-state index in [1.165, 1.54) is 13.0 Å². The van der Waals surface area contributed by atoms with Gasteiger partial charge in [0.1, 0.15) is 0 Å². The number of carbonyl (C=O) groups excluding carboxylic acids is 1. The number of halogens is 2. The number of sulfonamides is 1. The second-order valence-electron chi connectivity index (χ2n) is 6.57. The molecular weight excluding hydrogens is 407 g/mol. The van der Waals surface area contributed by atoms with Gasteiger partial charge in [-0.15, -0.1) is 0 Å². The maximum atomic E-state index is 12.8. The van der Waals surface area contributed by atoms with Crippen molar-refractivity contribution in [1.82, 2.24) is 4.72 Å². The third-order valence-electron chi connectivity index (χ3n) is 4.62. The Balaban J connectivity index is 1.88. The van der Waals surface area contributed by atoms with Gasteiger partial charge in [-0.3, -0.25) is 4.79 Å². The number of nitrogens with one attached hydrogen (secondary N) is 1. The highest BCUT2D eigenvalue weighted by Crippen LogP contribution is 2.31. The van der Waals surface area contributed by atoms with E-state index in [0.29, 0.717) is 22.2 Å². The van der Waals surface area contributed by atoms with Gasteiger partial charge in [-0.1, -0.05) is 29.3 Å². The first-order chi connectivity index (χ1) is 12.7. The van der Waals surface area contributed by atoms with Crippen molar-refractivity contribution in [3.8, 4) is 0 Å². The third-order valence-corrected chi connectivity index (χ3v) is 6.72. The zero-order valence-electron chi connectivity index (χ0n) is 15.0. The maximum absolute atomic E-state index is 12.8. The highest BCUT2D eigenvalue weighted by Gasteiger charge is 2.24. The zero-order chi connectivity index (χ0) is 19.8. The fourth-order valence-corrected chi connectivity index (χ4v) is 5.13. The highest BCUT2D eigenvalue weighted by atomic mass is 35.5. The van der Waals surface area contributed by atoms with Crippen LogP contribution in [0.1, 0.15) is 37.4 Å². The highest BCUT2D eigenvalue weighted by molar-refractivity contribution is 7.89. The lowest BCUT2D eigenvalue weighted by molar-refractivity contribution is -0.116. The third kappa shape index (κ3) is 4.29. The van der Waals surface area contributed by atoms with E-state index >= 15 is 0 Å². The Labute approximate surface area is 169 Å². The largest absolute Gasteiger partial charge is 0.312 e. The van der Waals surface area contributed by atoms with Gasteiger partial charge in [-0.25, -0.2) is 13.1 Å². The molecule has 27 heavy (non-hydrogen) atoms. The predicted octanol–water partition coefficient (Wildman–Crippen LogP) is 4.33. The first kappa shape index (κ1) is 20.1. The molecule has 1 aliphatic heterocycles. The average molecular weight is 427 g/mol. The van der Waals surface area contributed by atoms with Crippen molar-refractivity contribution in [1.29, 1.82) is 0 Å². The van der Waals surface area contributed by atoms with E-state index in [1.54, 1.807) is 42.2 Å². The summed E-state index contributed by atoms with van der Waals surface area (Å²) in [6.07, 6.45) is 1.54. The van der Waals surface area contributed by atoms with Crippen LogP contribution in [0.15, 0.2) is 41.3 Å². The van der Waals surface area contributed by atoms with Crippen molar-refractivity contribution >= 4 is 44.8 Å². The molecule has 1 unspecified atom stereocenters. The lowest BCUT2D eigenvalue weighted by Gasteiger charge is -2.29. The number of amides is 1. The molecule has 0 aromatic heterocycles. The second-order valence-corrected chi connectivity index (χ2v) is 9.13. The van der Waals surface area contributed by atoms with E-state index in [-0.39, 0.29) is 10.8 Å². The van der Waals surface area contributed by atoms with Crippen LogP contribution in [0.2, 0.25) is 10.0 Å². The van der Waals surface area contributed by atoms with Crippen molar-refractivity contribution in [3.63, 3.8) is 0 Å². The lowest BCUT2D eigenvalue weighted by Crippen LogP contribution is -2.34. The molecule has 1 heterocycles. The molecule has 144 valence electrons. The van der Waals surface area contributed by atoms with Gasteiger partial charge < -0.3 is 4.90 Å². The minimum absolute atomic E-state index is 0.0457. The minimum atomic E-state index is -3.75. The number of benzene rings is 2. The van der Waals surface area contributed by atoms with E-state index in [2.05, 4.69) is 4.72 Å². The molecular formula is C19H20Cl2N2O3S. The fraction of sp³-hybridized carbons (Fsp3) is 0.316. The number of hydrogen-bond acceptors (Lipinski definition) is 3. The summed E-state index contributed by atoms with van der Waals surface area (Å²) < 4.78 is 28.3. The average Bonchev–Trinajstić information content (AvgIpc) is 2.60. The van der Waals surface area contributed by atoms with Crippen molar-refractivity contribution < 1.29 is 13.2 Å². The number of carbonyl (C=O) groups is 1. The van der Waals surface area contributed by atoms with Crippen LogP contribution >= 0.6 is 23.2 Å². The van der Waals surface area contributed by atoms with E-state index in [0.717, 1.165) is 24.1 Å². The predicted molar refractivity (Wildman–Crippen MR) is 108 cm³/mol. The van der Waals surface area contributed by atoms with Gasteiger partial charge in [0.2, 0.25) is 15.9 Å². The standard InChI is InChI=1S/C19H20Cl2N2O3S/c1-12(17-7-5-15(20)11-18(17)21)22-27(25,26)16-6-8-19-14(10-16)4-3-9-23(19)13(2)24/h5-8,10-12,22H,3-4,9H2,1-2H3. The summed E-state index contributed by atoms with van der Waals surface area (Å²) in [5.41, 5.74) is 2.28. The van der Waals surface area contributed by atoms with Gasteiger partial charge in [-0.2, -0.15) is 0 Å². The van der Waals surface area contributed by atoms with Gasteiger partial charge in [0.25, 0.3) is 0 Å². The zero-order valence-corrected chi connectivity index (χ0v) is 17.3. The smallest absolute Gasteiger partial charge is 0.241 e. The Morgan fingerprint density at radius 2 is 1.93 bits per heavy atom. The Kier molecular flexibility index (Phi) is 5.82. The number of aryl methyl sites for hydroxylation is 1. The van der Waals surface area contributed by atoms with Crippen LogP contribution in [-0.2, 0) is 21.2 Å². The van der Waals surface area contributed by atoms with Crippen LogP contribution in [0.3, 0.4) is 0 Å². The number of anilines is 1. The van der Waals surface area contributed by atoms with Crippen molar-refractivity contribution in [2.75, 3.05) is 11.4 Å². The molecule has 0 aliphatic carbocycles. The summed E-state index contributed by atoms with van der Waals surface area (Å²) in [5.74, 6) is -0.0457. The topological polar surface area (TPSA) is 66.5 Å². The molecule has 1 atom stereocenters. The second kappa shape index (κ2) is 7.80. The summed E-state index contributed by atoms with van der Waals surface area (Å²) in [6.45, 7) is 3.89. The Morgan fingerprint density at radius 3 is 2.59 bits per heavy atom. The molecule has 3 rings (SSSR count). The maximum Gasteiger partial charge on any atom is 0.241 e. The first-order valence-corrected chi connectivity index (χ1v) is 10.8. The Hall–Kier alpha value is -1.60. The lowest BCUT2D eigenvalue weighted by atomic mass is 10.0. The summed E-state index contributed by atoms with van der Waals surface area (Å²) >= 11 is 12.1. The molecule has 1 N–H and O–H groups in total. The molecule has 0 bridgehead atoms. The molecule has 1 amide bonds. The molecule has 0 radical (unpaired) electrons. The van der Waals surface area contributed by atoms with E-state index in [9.17, 15) is 13.2 Å². The fourth-order valence-electron chi connectivity index (χ4n) is 3.28. The molecule has 2 aromatic rings. The van der Waals surface area contributed by atoms with Gasteiger partial charge >= 0.3 is 0 Å². The molecule has 8 heteroatoms. The molecule has 5 nitrogen and oxygen atoms in total. The van der Waals surface area contributed by atoms with Gasteiger partial charge in [0.05, 0.1) is 4.90 Å². The number of nitrogens with zero attached hydrogens (tertiary/aromatic N) is 1. The summed E-state index contributed by atoms with van der Waals surface area (Å²) in [5, 5.41) is 0.892. The van der Waals surface area contributed by atoms with E-state index in [1.807, 2.05) is 0 Å². The molecule has 0 fully saturated rings. The van der Waals surface area contributed by atoms with Crippen LogP contribution < -0.4 is 9.62 Å². The minimum Gasteiger partial charge on any atom is -0.312 e. The summed E-state index contributed by atoms with van der Waals surface area (Å²) in [7, 11) is -3.75. The molecule has 0 spiro atoms. The van der Waals surface area contributed by atoms with Gasteiger partial charge in [0.15, 0.2) is 0 Å². The SMILES string of the molecule is CC(=O)N1CCCc2cc(S(=O)(=O)NC(C)c3ccc(Cl)cc3Cl)ccc21. The van der Waals surface area contributed by atoms with Crippen molar-refractivity contribution in [2.24, 2.45) is 0 Å². The Bertz CT molecular complexity index is 992. The van der Waals surface area contributed by atoms with Crippen LogP contribution in [0.4, 0.5) is 5.69 Å². The van der Waals surface area contributed by atoms with Crippen LogP contribution in [0.5, 0.6) is 0 Å². The van der Waals surface area contributed by atoms with Gasteiger partial charge in [-0.05, 0) is 61.2 Å². The van der Waals surface area contributed by atoms with Crippen LogP contribution in [0, 0.1) is 0 Å². The number of fused-ring (bicyclic) bond motifs is 1. The first-order valence-electron chi connectivity index (χ1n) is 8.57. The number of hydrogen-bond donors (Lipinski definition) is 1. The molecule has 2 aromatic carbocycles. The monoisotopic (exact) mass is 426 g/mol. The van der Waals surface area contributed by atoms with Crippen LogP contribution in [0.25, 0.3) is 0 Å². The van der Waals surface area contributed by atoms with Crippen molar-refractivity contribution in [2.45, 2.75) is 37.6 Å². The van der Waals surface area contributed by atoms with Gasteiger partial charge in [0, 0.05) is 35.2 Å². The summed E-state index contributed by atoms with van der Waals surface area (Å²) in [4.78, 5) is 13.6. The normalized spacial score (nSPS) is 15.3. The number of rotatable bonds is 4.